The maximum absolute atomic E-state index is 12.9. The van der Waals surface area contributed by atoms with Crippen molar-refractivity contribution in [1.29, 1.82) is 0 Å². The van der Waals surface area contributed by atoms with E-state index in [0.717, 1.165) is 12.1 Å². The van der Waals surface area contributed by atoms with Crippen LogP contribution in [-0.2, 0) is 11.0 Å². The minimum Gasteiger partial charge on any atom is -0.353 e. The first-order valence-corrected chi connectivity index (χ1v) is 8.58. The zero-order chi connectivity index (χ0) is 19.6. The lowest BCUT2D eigenvalue weighted by molar-refractivity contribution is -0.137. The van der Waals surface area contributed by atoms with Crippen molar-refractivity contribution >= 4 is 34.8 Å². The summed E-state index contributed by atoms with van der Waals surface area (Å²) in [6.45, 7) is 3.92. The maximum atomic E-state index is 12.9. The summed E-state index contributed by atoms with van der Waals surface area (Å²) in [5.74, 6) is 0.980. The van der Waals surface area contributed by atoms with Gasteiger partial charge in [0.05, 0.1) is 16.3 Å². The number of hydrogen-bond acceptors (Lipinski definition) is 5. The molecule has 2 aromatic rings. The molecule has 0 bridgehead atoms. The molecule has 0 atom stereocenters. The van der Waals surface area contributed by atoms with E-state index < -0.39 is 11.7 Å². The highest BCUT2D eigenvalue weighted by molar-refractivity contribution is 6.33. The minimum atomic E-state index is -4.46. The van der Waals surface area contributed by atoms with Crippen molar-refractivity contribution in [2.45, 2.75) is 13.1 Å². The van der Waals surface area contributed by atoms with Gasteiger partial charge in [0, 0.05) is 39.2 Å². The van der Waals surface area contributed by atoms with E-state index in [2.05, 4.69) is 15.3 Å². The van der Waals surface area contributed by atoms with Gasteiger partial charge in [-0.1, -0.05) is 11.6 Å². The average molecular weight is 400 g/mol. The second-order valence-electron chi connectivity index (χ2n) is 6.07. The van der Waals surface area contributed by atoms with Crippen molar-refractivity contribution in [2.24, 2.45) is 0 Å². The van der Waals surface area contributed by atoms with Crippen molar-refractivity contribution in [3.63, 3.8) is 0 Å². The van der Waals surface area contributed by atoms with Crippen molar-refractivity contribution < 1.29 is 18.0 Å². The van der Waals surface area contributed by atoms with Gasteiger partial charge in [-0.25, -0.2) is 9.97 Å². The molecule has 1 aromatic carbocycles. The number of aromatic nitrogens is 2. The molecule has 1 saturated heterocycles. The Hall–Kier alpha value is -2.55. The summed E-state index contributed by atoms with van der Waals surface area (Å²) in [5.41, 5.74) is -0.693. The van der Waals surface area contributed by atoms with Gasteiger partial charge in [0.2, 0.25) is 5.91 Å². The topological polar surface area (TPSA) is 61.4 Å². The molecule has 1 aliphatic rings. The van der Waals surface area contributed by atoms with Gasteiger partial charge >= 0.3 is 6.18 Å². The largest absolute Gasteiger partial charge is 0.416 e. The number of carbonyl (C=O) groups excluding carboxylic acids is 1. The number of anilines is 3. The Balaban J connectivity index is 1.76. The van der Waals surface area contributed by atoms with E-state index in [1.165, 1.54) is 19.3 Å². The van der Waals surface area contributed by atoms with E-state index in [0.29, 0.717) is 37.8 Å². The van der Waals surface area contributed by atoms with Crippen LogP contribution >= 0.6 is 11.6 Å². The van der Waals surface area contributed by atoms with Gasteiger partial charge in [0.15, 0.2) is 0 Å². The smallest absolute Gasteiger partial charge is 0.353 e. The van der Waals surface area contributed by atoms with E-state index in [1.807, 2.05) is 4.90 Å². The molecule has 144 valence electrons. The van der Waals surface area contributed by atoms with Crippen molar-refractivity contribution in [2.75, 3.05) is 36.4 Å². The van der Waals surface area contributed by atoms with E-state index in [1.54, 1.807) is 11.0 Å². The third-order valence-electron chi connectivity index (χ3n) is 4.26. The Labute approximate surface area is 159 Å². The maximum Gasteiger partial charge on any atom is 0.416 e. The lowest BCUT2D eigenvalue weighted by atomic mass is 10.2. The number of halogens is 4. The molecule has 1 fully saturated rings. The fourth-order valence-electron chi connectivity index (χ4n) is 2.77. The molecule has 0 saturated carbocycles. The van der Waals surface area contributed by atoms with Crippen LogP contribution < -0.4 is 10.2 Å². The van der Waals surface area contributed by atoms with Gasteiger partial charge < -0.3 is 15.1 Å². The first-order chi connectivity index (χ1) is 12.7. The molecular weight excluding hydrogens is 383 g/mol. The van der Waals surface area contributed by atoms with Crippen LogP contribution in [0.3, 0.4) is 0 Å². The first-order valence-electron chi connectivity index (χ1n) is 8.20. The number of alkyl halides is 3. The summed E-state index contributed by atoms with van der Waals surface area (Å²) in [7, 11) is 0. The van der Waals surface area contributed by atoms with Gasteiger partial charge in [0.1, 0.15) is 18.0 Å². The Kier molecular flexibility index (Phi) is 5.41. The molecule has 0 unspecified atom stereocenters. The van der Waals surface area contributed by atoms with E-state index >= 15 is 0 Å². The lowest BCUT2D eigenvalue weighted by Gasteiger charge is -2.34. The first kappa shape index (κ1) is 19.2. The Morgan fingerprint density at radius 3 is 2.48 bits per heavy atom. The molecule has 1 aliphatic heterocycles. The Morgan fingerprint density at radius 1 is 1.15 bits per heavy atom. The highest BCUT2D eigenvalue weighted by Crippen LogP contribution is 2.35. The molecule has 1 N–H and O–H groups in total. The standard InChI is InChI=1S/C17H17ClF3N5O/c1-11(27)25-4-6-26(7-5-25)16-9-15(22-10-23-16)24-14-8-12(17(19,20)21)2-3-13(14)18/h2-3,8-10H,4-7H2,1H3,(H,22,23,24). The SMILES string of the molecule is CC(=O)N1CCN(c2cc(Nc3cc(C(F)(F)F)ccc3Cl)ncn2)CC1. The summed E-state index contributed by atoms with van der Waals surface area (Å²) in [4.78, 5) is 23.4. The van der Waals surface area contributed by atoms with E-state index in [-0.39, 0.29) is 16.6 Å². The molecule has 0 radical (unpaired) electrons. The van der Waals surface area contributed by atoms with Crippen molar-refractivity contribution in [3.8, 4) is 0 Å². The summed E-state index contributed by atoms with van der Waals surface area (Å²) in [5, 5.41) is 2.97. The lowest BCUT2D eigenvalue weighted by Crippen LogP contribution is -2.48. The summed E-state index contributed by atoms with van der Waals surface area (Å²) in [6, 6.07) is 4.69. The summed E-state index contributed by atoms with van der Waals surface area (Å²) < 4.78 is 38.7. The number of carbonyl (C=O) groups is 1. The van der Waals surface area contributed by atoms with Gasteiger partial charge in [-0.15, -0.1) is 0 Å². The number of hydrogen-bond donors (Lipinski definition) is 1. The molecule has 0 spiro atoms. The normalized spacial score (nSPS) is 15.0. The fraction of sp³-hybridized carbons (Fsp3) is 0.353. The van der Waals surface area contributed by atoms with E-state index in [4.69, 9.17) is 11.6 Å². The highest BCUT2D eigenvalue weighted by atomic mass is 35.5. The van der Waals surface area contributed by atoms with Crippen molar-refractivity contribution in [1.82, 2.24) is 14.9 Å². The number of amides is 1. The van der Waals surface area contributed by atoms with Gasteiger partial charge in [-0.3, -0.25) is 4.79 Å². The number of benzene rings is 1. The van der Waals surface area contributed by atoms with Crippen LogP contribution in [-0.4, -0.2) is 47.0 Å². The molecule has 6 nitrogen and oxygen atoms in total. The van der Waals surface area contributed by atoms with Crippen molar-refractivity contribution in [3.05, 3.63) is 41.2 Å². The van der Waals surface area contributed by atoms with Crippen LogP contribution in [0.4, 0.5) is 30.5 Å². The molecule has 27 heavy (non-hydrogen) atoms. The van der Waals surface area contributed by atoms with Crippen LogP contribution in [0.5, 0.6) is 0 Å². The van der Waals surface area contributed by atoms with Crippen LogP contribution in [0.15, 0.2) is 30.6 Å². The Bertz CT molecular complexity index is 838. The fourth-order valence-corrected chi connectivity index (χ4v) is 2.94. The predicted molar refractivity (Wildman–Crippen MR) is 96.2 cm³/mol. The third kappa shape index (κ3) is 4.60. The zero-order valence-corrected chi connectivity index (χ0v) is 15.2. The highest BCUT2D eigenvalue weighted by Gasteiger charge is 2.31. The Morgan fingerprint density at radius 2 is 1.85 bits per heavy atom. The molecular formula is C17H17ClF3N5O. The molecule has 1 aromatic heterocycles. The quantitative estimate of drug-likeness (QED) is 0.855. The third-order valence-corrected chi connectivity index (χ3v) is 4.59. The van der Waals surface area contributed by atoms with Gasteiger partial charge in [-0.05, 0) is 18.2 Å². The number of rotatable bonds is 3. The molecule has 1 amide bonds. The minimum absolute atomic E-state index is 0.0267. The monoisotopic (exact) mass is 399 g/mol. The zero-order valence-electron chi connectivity index (χ0n) is 14.4. The number of nitrogens with zero attached hydrogens (tertiary/aromatic N) is 4. The molecule has 10 heteroatoms. The second kappa shape index (κ2) is 7.59. The van der Waals surface area contributed by atoms with Crippen LogP contribution in [0, 0.1) is 0 Å². The summed E-state index contributed by atoms with van der Waals surface area (Å²) >= 11 is 6.01. The second-order valence-corrected chi connectivity index (χ2v) is 6.48. The predicted octanol–water partition coefficient (Wildman–Crippen LogP) is 3.56. The average Bonchev–Trinajstić information content (AvgIpc) is 2.63. The number of piperazine rings is 1. The molecule has 2 heterocycles. The van der Waals surface area contributed by atoms with Gasteiger partial charge in [0.25, 0.3) is 0 Å². The van der Waals surface area contributed by atoms with Gasteiger partial charge in [-0.2, -0.15) is 13.2 Å². The summed E-state index contributed by atoms with van der Waals surface area (Å²) in [6.07, 6.45) is -3.13. The van der Waals surface area contributed by atoms with Crippen LogP contribution in [0.2, 0.25) is 5.02 Å². The van der Waals surface area contributed by atoms with E-state index in [9.17, 15) is 18.0 Å². The molecule has 0 aliphatic carbocycles. The molecule has 3 rings (SSSR count). The van der Waals surface area contributed by atoms with Crippen LogP contribution in [0.25, 0.3) is 0 Å². The van der Waals surface area contributed by atoms with Crippen LogP contribution in [0.1, 0.15) is 12.5 Å². The number of nitrogens with one attached hydrogen (secondary N) is 1.